The van der Waals surface area contributed by atoms with Crippen LogP contribution in [-0.4, -0.2) is 45.2 Å². The van der Waals surface area contributed by atoms with Gasteiger partial charge in [-0.1, -0.05) is 30.3 Å². The number of hydrogen-bond acceptors (Lipinski definition) is 4. The molecule has 1 saturated heterocycles. The molecule has 0 spiro atoms. The fourth-order valence-electron chi connectivity index (χ4n) is 3.17. The molecule has 23 heavy (non-hydrogen) atoms. The van der Waals surface area contributed by atoms with Crippen LogP contribution in [0.3, 0.4) is 0 Å². The van der Waals surface area contributed by atoms with Crippen molar-refractivity contribution in [3.63, 3.8) is 0 Å². The topological polar surface area (TPSA) is 45.5 Å². The second-order valence-corrected chi connectivity index (χ2v) is 6.18. The Bertz CT molecular complexity index is 796. The van der Waals surface area contributed by atoms with Gasteiger partial charge in [0.15, 0.2) is 5.65 Å². The fourth-order valence-corrected chi connectivity index (χ4v) is 3.17. The van der Waals surface area contributed by atoms with Gasteiger partial charge < -0.3 is 5.32 Å². The Morgan fingerprint density at radius 3 is 2.91 bits per heavy atom. The zero-order valence-corrected chi connectivity index (χ0v) is 13.3. The van der Waals surface area contributed by atoms with Gasteiger partial charge in [0, 0.05) is 55.7 Å². The highest BCUT2D eigenvalue weighted by Crippen LogP contribution is 2.23. The summed E-state index contributed by atoms with van der Waals surface area (Å²) in [6.45, 7) is 6.37. The Labute approximate surface area is 136 Å². The van der Waals surface area contributed by atoms with Crippen LogP contribution in [-0.2, 0) is 6.54 Å². The first-order chi connectivity index (χ1) is 11.3. The largest absolute Gasteiger partial charge is 0.314 e. The van der Waals surface area contributed by atoms with Crippen molar-refractivity contribution in [3.8, 4) is 11.1 Å². The zero-order valence-electron chi connectivity index (χ0n) is 13.3. The van der Waals surface area contributed by atoms with Gasteiger partial charge in [0.25, 0.3) is 0 Å². The summed E-state index contributed by atoms with van der Waals surface area (Å²) in [4.78, 5) is 7.15. The normalized spacial score (nSPS) is 19.3. The quantitative estimate of drug-likeness (QED) is 0.806. The molecule has 118 valence electrons. The summed E-state index contributed by atoms with van der Waals surface area (Å²) in [7, 11) is 0. The van der Waals surface area contributed by atoms with Crippen molar-refractivity contribution in [1.29, 1.82) is 0 Å². The Morgan fingerprint density at radius 1 is 1.22 bits per heavy atom. The summed E-state index contributed by atoms with van der Waals surface area (Å²) < 4.78 is 1.89. The lowest BCUT2D eigenvalue weighted by molar-refractivity contribution is 0.165. The molecule has 4 rings (SSSR count). The SMILES string of the molecule is C[C@H]1CNCCN1Cc1cnc2c(-c3ccccc3)cnn2c1. The van der Waals surface area contributed by atoms with Gasteiger partial charge in [0.2, 0.25) is 0 Å². The van der Waals surface area contributed by atoms with Crippen LogP contribution in [0.1, 0.15) is 12.5 Å². The minimum absolute atomic E-state index is 0.553. The zero-order chi connectivity index (χ0) is 15.6. The van der Waals surface area contributed by atoms with Gasteiger partial charge in [-0.15, -0.1) is 0 Å². The molecule has 5 nitrogen and oxygen atoms in total. The summed E-state index contributed by atoms with van der Waals surface area (Å²) in [6, 6.07) is 10.8. The first-order valence-electron chi connectivity index (χ1n) is 8.14. The van der Waals surface area contributed by atoms with E-state index in [2.05, 4.69) is 45.6 Å². The van der Waals surface area contributed by atoms with Gasteiger partial charge in [0.1, 0.15) is 0 Å². The van der Waals surface area contributed by atoms with E-state index in [1.54, 1.807) is 0 Å². The number of hydrogen-bond donors (Lipinski definition) is 1. The van der Waals surface area contributed by atoms with E-state index in [4.69, 9.17) is 0 Å². The first kappa shape index (κ1) is 14.4. The third-order valence-electron chi connectivity index (χ3n) is 4.52. The molecule has 1 N–H and O–H groups in total. The number of benzene rings is 1. The number of aromatic nitrogens is 3. The van der Waals surface area contributed by atoms with Crippen LogP contribution >= 0.6 is 0 Å². The van der Waals surface area contributed by atoms with E-state index in [1.165, 1.54) is 5.56 Å². The minimum Gasteiger partial charge on any atom is -0.314 e. The molecule has 3 heterocycles. The van der Waals surface area contributed by atoms with E-state index in [-0.39, 0.29) is 0 Å². The van der Waals surface area contributed by atoms with Gasteiger partial charge >= 0.3 is 0 Å². The van der Waals surface area contributed by atoms with Crippen molar-refractivity contribution in [3.05, 3.63) is 54.5 Å². The lowest BCUT2D eigenvalue weighted by Gasteiger charge is -2.33. The van der Waals surface area contributed by atoms with Crippen LogP contribution in [0.5, 0.6) is 0 Å². The molecule has 0 saturated carbocycles. The van der Waals surface area contributed by atoms with Crippen molar-refractivity contribution in [1.82, 2.24) is 24.8 Å². The molecule has 0 unspecified atom stereocenters. The predicted molar refractivity (Wildman–Crippen MR) is 91.2 cm³/mol. The molecule has 5 heteroatoms. The molecule has 0 aliphatic carbocycles. The van der Waals surface area contributed by atoms with Gasteiger partial charge in [-0.3, -0.25) is 4.90 Å². The molecule has 0 radical (unpaired) electrons. The maximum absolute atomic E-state index is 4.67. The number of piperazine rings is 1. The lowest BCUT2D eigenvalue weighted by atomic mass is 10.1. The van der Waals surface area contributed by atoms with Gasteiger partial charge in [-0.05, 0) is 12.5 Å². The van der Waals surface area contributed by atoms with E-state index in [0.29, 0.717) is 6.04 Å². The lowest BCUT2D eigenvalue weighted by Crippen LogP contribution is -2.49. The molecule has 3 aromatic rings. The highest BCUT2D eigenvalue weighted by molar-refractivity contribution is 5.76. The molecule has 1 aliphatic heterocycles. The molecular formula is C18H21N5. The molecule has 0 bridgehead atoms. The second-order valence-electron chi connectivity index (χ2n) is 6.18. The highest BCUT2D eigenvalue weighted by atomic mass is 15.2. The van der Waals surface area contributed by atoms with Crippen molar-refractivity contribution >= 4 is 5.65 Å². The van der Waals surface area contributed by atoms with E-state index in [1.807, 2.05) is 35.1 Å². The van der Waals surface area contributed by atoms with Crippen LogP contribution in [0, 0.1) is 0 Å². The summed E-state index contributed by atoms with van der Waals surface area (Å²) in [5, 5.41) is 7.92. The van der Waals surface area contributed by atoms with E-state index < -0.39 is 0 Å². The minimum atomic E-state index is 0.553. The third-order valence-corrected chi connectivity index (χ3v) is 4.52. The molecule has 1 aliphatic rings. The van der Waals surface area contributed by atoms with Crippen molar-refractivity contribution in [2.75, 3.05) is 19.6 Å². The highest BCUT2D eigenvalue weighted by Gasteiger charge is 2.18. The maximum atomic E-state index is 4.67. The first-order valence-corrected chi connectivity index (χ1v) is 8.14. The Hall–Kier alpha value is -2.24. The van der Waals surface area contributed by atoms with Crippen LogP contribution in [0.2, 0.25) is 0 Å². The molecule has 1 fully saturated rings. The Kier molecular flexibility index (Phi) is 3.81. The summed E-state index contributed by atoms with van der Waals surface area (Å²) in [5.74, 6) is 0. The molecule has 0 amide bonds. The van der Waals surface area contributed by atoms with Crippen LogP contribution in [0.25, 0.3) is 16.8 Å². The molecule has 1 atom stereocenters. The summed E-state index contributed by atoms with van der Waals surface area (Å²) in [5.41, 5.74) is 4.34. The molecule has 2 aromatic heterocycles. The van der Waals surface area contributed by atoms with Crippen LogP contribution in [0.15, 0.2) is 48.9 Å². The summed E-state index contributed by atoms with van der Waals surface area (Å²) in [6.07, 6.45) is 5.98. The predicted octanol–water partition coefficient (Wildman–Crippen LogP) is 2.19. The maximum Gasteiger partial charge on any atom is 0.162 e. The van der Waals surface area contributed by atoms with Crippen LogP contribution < -0.4 is 5.32 Å². The Balaban J connectivity index is 1.62. The van der Waals surface area contributed by atoms with Crippen molar-refractivity contribution in [2.24, 2.45) is 0 Å². The van der Waals surface area contributed by atoms with Crippen molar-refractivity contribution in [2.45, 2.75) is 19.5 Å². The van der Waals surface area contributed by atoms with E-state index in [0.717, 1.165) is 43.0 Å². The molecular weight excluding hydrogens is 286 g/mol. The van der Waals surface area contributed by atoms with Gasteiger partial charge in [-0.2, -0.15) is 5.10 Å². The monoisotopic (exact) mass is 307 g/mol. The second kappa shape index (κ2) is 6.10. The fraction of sp³-hybridized carbons (Fsp3) is 0.333. The average molecular weight is 307 g/mol. The standard InChI is InChI=1S/C18H21N5/c1-14-9-19-7-8-22(14)12-15-10-20-18-17(11-21-23(18)13-15)16-5-3-2-4-6-16/h2-6,10-11,13-14,19H,7-9,12H2,1H3/t14-/m0/s1. The van der Waals surface area contributed by atoms with Gasteiger partial charge in [-0.25, -0.2) is 9.50 Å². The van der Waals surface area contributed by atoms with Crippen LogP contribution in [0.4, 0.5) is 0 Å². The smallest absolute Gasteiger partial charge is 0.162 e. The van der Waals surface area contributed by atoms with Gasteiger partial charge in [0.05, 0.1) is 6.20 Å². The number of fused-ring (bicyclic) bond motifs is 1. The number of nitrogens with one attached hydrogen (secondary N) is 1. The third kappa shape index (κ3) is 2.85. The summed E-state index contributed by atoms with van der Waals surface area (Å²) >= 11 is 0. The molecule has 1 aromatic carbocycles. The van der Waals surface area contributed by atoms with E-state index >= 15 is 0 Å². The number of rotatable bonds is 3. The van der Waals surface area contributed by atoms with E-state index in [9.17, 15) is 0 Å². The average Bonchev–Trinajstić information content (AvgIpc) is 3.01. The Morgan fingerprint density at radius 2 is 2.09 bits per heavy atom. The number of nitrogens with zero attached hydrogens (tertiary/aromatic N) is 4. The van der Waals surface area contributed by atoms with Crippen molar-refractivity contribution < 1.29 is 0 Å².